The Kier molecular flexibility index (Phi) is 4.37. The summed E-state index contributed by atoms with van der Waals surface area (Å²) in [5.74, 6) is 0.855. The molecule has 1 fully saturated rings. The van der Waals surface area contributed by atoms with E-state index >= 15 is 0 Å². The van der Waals surface area contributed by atoms with Gasteiger partial charge >= 0.3 is 0 Å². The van der Waals surface area contributed by atoms with Gasteiger partial charge in [-0.2, -0.15) is 5.10 Å². The second kappa shape index (κ2) is 6.60. The van der Waals surface area contributed by atoms with Crippen LogP contribution in [0.15, 0.2) is 30.6 Å². The van der Waals surface area contributed by atoms with Crippen LogP contribution in [0.2, 0.25) is 0 Å². The summed E-state index contributed by atoms with van der Waals surface area (Å²) in [6.45, 7) is 2.34. The minimum atomic E-state index is -0.226. The first kappa shape index (κ1) is 14.6. The van der Waals surface area contributed by atoms with Gasteiger partial charge in [-0.25, -0.2) is 9.67 Å². The van der Waals surface area contributed by atoms with Gasteiger partial charge in [0.2, 0.25) is 5.88 Å². The van der Waals surface area contributed by atoms with Crippen molar-refractivity contribution in [1.82, 2.24) is 14.8 Å². The van der Waals surface area contributed by atoms with Gasteiger partial charge in [0.05, 0.1) is 18.8 Å². The Morgan fingerprint density at radius 1 is 1.36 bits per heavy atom. The van der Waals surface area contributed by atoms with Crippen molar-refractivity contribution in [2.45, 2.75) is 38.6 Å². The summed E-state index contributed by atoms with van der Waals surface area (Å²) in [5.41, 5.74) is 0.434. The molecule has 0 unspecified atom stereocenters. The highest BCUT2D eigenvalue weighted by Crippen LogP contribution is 2.31. The second-order valence-corrected chi connectivity index (χ2v) is 5.34. The number of rotatable bonds is 5. The Balaban J connectivity index is 1.79. The first-order valence-electron chi connectivity index (χ1n) is 7.72. The van der Waals surface area contributed by atoms with Crippen molar-refractivity contribution in [2.75, 3.05) is 11.9 Å². The topological polar surface area (TPSA) is 69.0 Å². The maximum Gasteiger partial charge on any atom is 0.262 e. The van der Waals surface area contributed by atoms with E-state index in [0.29, 0.717) is 24.1 Å². The molecule has 0 atom stereocenters. The predicted molar refractivity (Wildman–Crippen MR) is 83.1 cm³/mol. The molecule has 0 aliphatic heterocycles. The van der Waals surface area contributed by atoms with E-state index in [9.17, 15) is 4.79 Å². The van der Waals surface area contributed by atoms with Gasteiger partial charge in [-0.05, 0) is 31.9 Å². The molecule has 1 amide bonds. The monoisotopic (exact) mass is 300 g/mol. The molecule has 3 rings (SSSR count). The smallest absolute Gasteiger partial charge is 0.262 e. The third-order valence-electron chi connectivity index (χ3n) is 3.88. The van der Waals surface area contributed by atoms with Crippen LogP contribution in [0.4, 0.5) is 5.82 Å². The van der Waals surface area contributed by atoms with Gasteiger partial charge in [-0.1, -0.05) is 12.8 Å². The predicted octanol–water partition coefficient (Wildman–Crippen LogP) is 3.04. The van der Waals surface area contributed by atoms with Gasteiger partial charge in [-0.15, -0.1) is 0 Å². The SMILES string of the molecule is CCOc1ncccc1C(=O)Nc1ccnn1C1CCCC1. The summed E-state index contributed by atoms with van der Waals surface area (Å²) in [7, 11) is 0. The lowest BCUT2D eigenvalue weighted by Crippen LogP contribution is -2.18. The molecular weight excluding hydrogens is 280 g/mol. The largest absolute Gasteiger partial charge is 0.477 e. The van der Waals surface area contributed by atoms with Crippen molar-refractivity contribution < 1.29 is 9.53 Å². The molecule has 2 aromatic heterocycles. The van der Waals surface area contributed by atoms with E-state index in [1.807, 2.05) is 17.7 Å². The number of carbonyl (C=O) groups excluding carboxylic acids is 1. The molecule has 6 heteroatoms. The van der Waals surface area contributed by atoms with E-state index in [2.05, 4.69) is 15.4 Å². The van der Waals surface area contributed by atoms with E-state index in [1.165, 1.54) is 12.8 Å². The standard InChI is InChI=1S/C16H20N4O2/c1-2-22-16-13(8-5-10-17-16)15(21)19-14-9-11-18-20(14)12-6-3-4-7-12/h5,8-12H,2-4,6-7H2,1H3,(H,19,21). The lowest BCUT2D eigenvalue weighted by Gasteiger charge is -2.15. The number of carbonyl (C=O) groups is 1. The van der Waals surface area contributed by atoms with Crippen LogP contribution in [0.1, 0.15) is 49.0 Å². The number of pyridine rings is 1. The fourth-order valence-electron chi connectivity index (χ4n) is 2.85. The van der Waals surface area contributed by atoms with Gasteiger partial charge in [0.1, 0.15) is 11.4 Å². The molecule has 2 aromatic rings. The molecule has 0 bridgehead atoms. The fourth-order valence-corrected chi connectivity index (χ4v) is 2.85. The van der Waals surface area contributed by atoms with Gasteiger partial charge in [-0.3, -0.25) is 4.79 Å². The van der Waals surface area contributed by atoms with Crippen LogP contribution in [-0.4, -0.2) is 27.3 Å². The zero-order valence-corrected chi connectivity index (χ0v) is 12.7. The van der Waals surface area contributed by atoms with Crippen LogP contribution in [0.5, 0.6) is 5.88 Å². The van der Waals surface area contributed by atoms with Crippen LogP contribution in [0.25, 0.3) is 0 Å². The zero-order valence-electron chi connectivity index (χ0n) is 12.7. The zero-order chi connectivity index (χ0) is 15.4. The fraction of sp³-hybridized carbons (Fsp3) is 0.438. The molecule has 2 heterocycles. The number of nitrogens with one attached hydrogen (secondary N) is 1. The lowest BCUT2D eigenvalue weighted by molar-refractivity contribution is 0.102. The summed E-state index contributed by atoms with van der Waals surface area (Å²) < 4.78 is 7.33. The first-order valence-corrected chi connectivity index (χ1v) is 7.72. The van der Waals surface area contributed by atoms with E-state index in [0.717, 1.165) is 18.7 Å². The molecule has 6 nitrogen and oxygen atoms in total. The van der Waals surface area contributed by atoms with E-state index in [4.69, 9.17) is 4.74 Å². The third-order valence-corrected chi connectivity index (χ3v) is 3.88. The Hall–Kier alpha value is -2.37. The van der Waals surface area contributed by atoms with Gasteiger partial charge in [0.15, 0.2) is 0 Å². The van der Waals surface area contributed by atoms with Crippen LogP contribution in [-0.2, 0) is 0 Å². The van der Waals surface area contributed by atoms with Gasteiger partial charge in [0.25, 0.3) is 5.91 Å². The quantitative estimate of drug-likeness (QED) is 0.921. The molecule has 1 saturated carbocycles. The maximum absolute atomic E-state index is 12.5. The Bertz CT molecular complexity index is 647. The minimum absolute atomic E-state index is 0.226. The highest BCUT2D eigenvalue weighted by Gasteiger charge is 2.21. The van der Waals surface area contributed by atoms with Crippen molar-refractivity contribution in [2.24, 2.45) is 0 Å². The molecule has 0 aromatic carbocycles. The third kappa shape index (κ3) is 2.95. The Morgan fingerprint density at radius 2 is 2.18 bits per heavy atom. The molecule has 1 aliphatic rings. The van der Waals surface area contributed by atoms with Crippen molar-refractivity contribution in [3.8, 4) is 5.88 Å². The highest BCUT2D eigenvalue weighted by atomic mass is 16.5. The lowest BCUT2D eigenvalue weighted by atomic mass is 10.2. The summed E-state index contributed by atoms with van der Waals surface area (Å²) in [6.07, 6.45) is 8.00. The number of nitrogens with zero attached hydrogens (tertiary/aromatic N) is 3. The molecular formula is C16H20N4O2. The van der Waals surface area contributed by atoms with Crippen molar-refractivity contribution >= 4 is 11.7 Å². The number of amides is 1. The van der Waals surface area contributed by atoms with E-state index in [1.54, 1.807) is 24.5 Å². The van der Waals surface area contributed by atoms with Crippen molar-refractivity contribution in [3.05, 3.63) is 36.2 Å². The average Bonchev–Trinajstić information content (AvgIpc) is 3.18. The van der Waals surface area contributed by atoms with Crippen molar-refractivity contribution in [3.63, 3.8) is 0 Å². The summed E-state index contributed by atoms with van der Waals surface area (Å²) in [6, 6.07) is 5.65. The summed E-state index contributed by atoms with van der Waals surface area (Å²) in [4.78, 5) is 16.6. The number of hydrogen-bond donors (Lipinski definition) is 1. The van der Waals surface area contributed by atoms with E-state index in [-0.39, 0.29) is 5.91 Å². The highest BCUT2D eigenvalue weighted by molar-refractivity contribution is 6.05. The molecule has 0 radical (unpaired) electrons. The van der Waals surface area contributed by atoms with Crippen molar-refractivity contribution in [1.29, 1.82) is 0 Å². The normalized spacial score (nSPS) is 15.0. The van der Waals surface area contributed by atoms with Crippen LogP contribution >= 0.6 is 0 Å². The van der Waals surface area contributed by atoms with Crippen LogP contribution in [0.3, 0.4) is 0 Å². The Labute approximate surface area is 129 Å². The van der Waals surface area contributed by atoms with E-state index < -0.39 is 0 Å². The molecule has 0 spiro atoms. The number of hydrogen-bond acceptors (Lipinski definition) is 4. The maximum atomic E-state index is 12.5. The molecule has 1 aliphatic carbocycles. The molecule has 1 N–H and O–H groups in total. The number of aromatic nitrogens is 3. The summed E-state index contributed by atoms with van der Waals surface area (Å²) in [5, 5.41) is 7.28. The molecule has 22 heavy (non-hydrogen) atoms. The van der Waals surface area contributed by atoms with Gasteiger partial charge in [0, 0.05) is 12.3 Å². The molecule has 0 saturated heterocycles. The molecule has 116 valence electrons. The minimum Gasteiger partial charge on any atom is -0.477 e. The average molecular weight is 300 g/mol. The number of ether oxygens (including phenoxy) is 1. The second-order valence-electron chi connectivity index (χ2n) is 5.34. The van der Waals surface area contributed by atoms with Crippen LogP contribution < -0.4 is 10.1 Å². The summed E-state index contributed by atoms with van der Waals surface area (Å²) >= 11 is 0. The first-order chi connectivity index (χ1) is 10.8. The number of anilines is 1. The van der Waals surface area contributed by atoms with Gasteiger partial charge < -0.3 is 10.1 Å². The van der Waals surface area contributed by atoms with Crippen LogP contribution in [0, 0.1) is 0 Å². The Morgan fingerprint density at radius 3 is 2.95 bits per heavy atom.